The molecule has 4 atom stereocenters. The van der Waals surface area contributed by atoms with E-state index in [-0.39, 0.29) is 30.0 Å². The lowest BCUT2D eigenvalue weighted by Gasteiger charge is -2.46. The number of nitrogens with two attached hydrogens (primary N) is 1. The number of amides is 1. The van der Waals surface area contributed by atoms with E-state index in [0.717, 1.165) is 25.9 Å². The maximum absolute atomic E-state index is 12.4. The lowest BCUT2D eigenvalue weighted by atomic mass is 9.72. The van der Waals surface area contributed by atoms with Crippen LogP contribution in [0.25, 0.3) is 0 Å². The maximum Gasteiger partial charge on any atom is 0.223 e. The van der Waals surface area contributed by atoms with Crippen LogP contribution in [0.1, 0.15) is 51.4 Å². The fraction of sp³-hybridized carbons (Fsp3) is 0.933. The molecule has 4 heteroatoms. The van der Waals surface area contributed by atoms with Crippen molar-refractivity contribution in [1.82, 2.24) is 5.32 Å². The van der Waals surface area contributed by atoms with E-state index in [1.54, 1.807) is 0 Å². The third kappa shape index (κ3) is 2.65. The Bertz CT molecular complexity index is 326. The molecule has 0 bridgehead atoms. The molecule has 1 aliphatic heterocycles. The zero-order valence-electron chi connectivity index (χ0n) is 11.6. The minimum atomic E-state index is 0.0606. The summed E-state index contributed by atoms with van der Waals surface area (Å²) in [6.45, 7) is 0.804. The summed E-state index contributed by atoms with van der Waals surface area (Å²) in [5, 5.41) is 3.17. The van der Waals surface area contributed by atoms with Crippen LogP contribution in [-0.4, -0.2) is 30.7 Å². The van der Waals surface area contributed by atoms with Crippen LogP contribution < -0.4 is 11.1 Å². The van der Waals surface area contributed by atoms with Crippen LogP contribution in [-0.2, 0) is 9.53 Å². The van der Waals surface area contributed by atoms with Gasteiger partial charge in [0.15, 0.2) is 0 Å². The Balaban J connectivity index is 1.52. The molecule has 19 heavy (non-hydrogen) atoms. The Morgan fingerprint density at radius 1 is 1.05 bits per heavy atom. The third-order valence-electron chi connectivity index (χ3n) is 5.23. The van der Waals surface area contributed by atoms with Gasteiger partial charge < -0.3 is 15.8 Å². The molecule has 0 aromatic heterocycles. The van der Waals surface area contributed by atoms with Crippen molar-refractivity contribution in [1.29, 1.82) is 0 Å². The zero-order chi connectivity index (χ0) is 13.2. The average Bonchev–Trinajstić information content (AvgIpc) is 2.80. The molecule has 0 aromatic carbocycles. The van der Waals surface area contributed by atoms with E-state index in [2.05, 4.69) is 5.32 Å². The molecule has 2 aliphatic carbocycles. The number of carbonyl (C=O) groups excluding carboxylic acids is 1. The molecule has 108 valence electrons. The highest BCUT2D eigenvalue weighted by Gasteiger charge is 2.52. The monoisotopic (exact) mass is 266 g/mol. The summed E-state index contributed by atoms with van der Waals surface area (Å²) in [4.78, 5) is 12.4. The van der Waals surface area contributed by atoms with Crippen LogP contribution in [0, 0.1) is 11.8 Å². The molecule has 0 aromatic rings. The second kappa shape index (κ2) is 5.80. The number of fused-ring (bicyclic) bond motifs is 1. The van der Waals surface area contributed by atoms with Crippen molar-refractivity contribution in [2.45, 2.75) is 69.6 Å². The minimum absolute atomic E-state index is 0.0606. The van der Waals surface area contributed by atoms with Gasteiger partial charge in [0.05, 0.1) is 12.1 Å². The Labute approximate surface area is 115 Å². The summed E-state index contributed by atoms with van der Waals surface area (Å²) in [6.07, 6.45) is 9.61. The van der Waals surface area contributed by atoms with Gasteiger partial charge >= 0.3 is 0 Å². The van der Waals surface area contributed by atoms with Crippen LogP contribution in [0.2, 0.25) is 0 Å². The van der Waals surface area contributed by atoms with Crippen LogP contribution in [0.15, 0.2) is 0 Å². The van der Waals surface area contributed by atoms with Crippen molar-refractivity contribution >= 4 is 5.91 Å². The standard InChI is InChI=1S/C15H26N2O2/c16-12-11-8-9-19-14(11)13(12)17-15(18)10-6-4-2-1-3-5-7-10/h10-14H,1-9,16H2,(H,17,18). The highest BCUT2D eigenvalue weighted by molar-refractivity contribution is 5.79. The van der Waals surface area contributed by atoms with Gasteiger partial charge in [-0.1, -0.05) is 32.1 Å². The number of hydrogen-bond acceptors (Lipinski definition) is 3. The van der Waals surface area contributed by atoms with E-state index in [1.807, 2.05) is 0 Å². The van der Waals surface area contributed by atoms with Gasteiger partial charge in [0, 0.05) is 24.5 Å². The lowest BCUT2D eigenvalue weighted by Crippen LogP contribution is -2.69. The molecule has 3 N–H and O–H groups in total. The molecule has 2 saturated carbocycles. The SMILES string of the molecule is NC1C2CCOC2C1NC(=O)C1CCCCCCC1. The van der Waals surface area contributed by atoms with Gasteiger partial charge in [0.2, 0.25) is 5.91 Å². The molecule has 4 unspecified atom stereocenters. The molecule has 3 aliphatic rings. The van der Waals surface area contributed by atoms with Gasteiger partial charge in [-0.2, -0.15) is 0 Å². The molecule has 3 rings (SSSR count). The second-order valence-electron chi connectivity index (χ2n) is 6.44. The maximum atomic E-state index is 12.4. The molecular formula is C15H26N2O2. The molecule has 0 spiro atoms. The van der Waals surface area contributed by atoms with E-state index >= 15 is 0 Å². The number of rotatable bonds is 2. The molecular weight excluding hydrogens is 240 g/mol. The first-order chi connectivity index (χ1) is 9.27. The lowest BCUT2D eigenvalue weighted by molar-refractivity contribution is -0.130. The molecule has 1 saturated heterocycles. The largest absolute Gasteiger partial charge is 0.376 e. The third-order valence-corrected chi connectivity index (χ3v) is 5.23. The predicted octanol–water partition coefficient (Wildman–Crippen LogP) is 1.58. The second-order valence-corrected chi connectivity index (χ2v) is 6.44. The molecule has 1 amide bonds. The molecule has 1 heterocycles. The number of nitrogens with one attached hydrogen (secondary N) is 1. The normalized spacial score (nSPS) is 39.8. The van der Waals surface area contributed by atoms with E-state index in [0.29, 0.717) is 5.92 Å². The first-order valence-corrected chi connectivity index (χ1v) is 7.95. The topological polar surface area (TPSA) is 64.3 Å². The Kier molecular flexibility index (Phi) is 4.08. The van der Waals surface area contributed by atoms with Gasteiger partial charge in [-0.15, -0.1) is 0 Å². The van der Waals surface area contributed by atoms with Gasteiger partial charge in [-0.25, -0.2) is 0 Å². The molecule has 0 radical (unpaired) electrons. The smallest absolute Gasteiger partial charge is 0.223 e. The van der Waals surface area contributed by atoms with Crippen molar-refractivity contribution < 1.29 is 9.53 Å². The summed E-state index contributed by atoms with van der Waals surface area (Å²) >= 11 is 0. The average molecular weight is 266 g/mol. The summed E-state index contributed by atoms with van der Waals surface area (Å²) < 4.78 is 5.67. The Morgan fingerprint density at radius 2 is 1.74 bits per heavy atom. The fourth-order valence-electron chi connectivity index (χ4n) is 3.93. The first kappa shape index (κ1) is 13.4. The first-order valence-electron chi connectivity index (χ1n) is 7.95. The minimum Gasteiger partial charge on any atom is -0.376 e. The van der Waals surface area contributed by atoms with Crippen molar-refractivity contribution in [3.63, 3.8) is 0 Å². The van der Waals surface area contributed by atoms with Crippen molar-refractivity contribution in [2.75, 3.05) is 6.61 Å². The van der Waals surface area contributed by atoms with Crippen molar-refractivity contribution in [2.24, 2.45) is 17.6 Å². The van der Waals surface area contributed by atoms with Gasteiger partial charge in [-0.3, -0.25) is 4.79 Å². The Hall–Kier alpha value is -0.610. The molecule has 4 nitrogen and oxygen atoms in total. The highest BCUT2D eigenvalue weighted by Crippen LogP contribution is 2.38. The summed E-state index contributed by atoms with van der Waals surface area (Å²) in [7, 11) is 0. The van der Waals surface area contributed by atoms with E-state index < -0.39 is 0 Å². The Morgan fingerprint density at radius 3 is 2.47 bits per heavy atom. The quantitative estimate of drug-likeness (QED) is 0.797. The van der Waals surface area contributed by atoms with Crippen LogP contribution in [0.5, 0.6) is 0 Å². The van der Waals surface area contributed by atoms with E-state index in [1.165, 1.54) is 32.1 Å². The van der Waals surface area contributed by atoms with Gasteiger partial charge in [0.25, 0.3) is 0 Å². The fourth-order valence-corrected chi connectivity index (χ4v) is 3.93. The predicted molar refractivity (Wildman–Crippen MR) is 73.6 cm³/mol. The number of carbonyl (C=O) groups is 1. The van der Waals surface area contributed by atoms with Gasteiger partial charge in [0.1, 0.15) is 0 Å². The van der Waals surface area contributed by atoms with Crippen LogP contribution in [0.3, 0.4) is 0 Å². The summed E-state index contributed by atoms with van der Waals surface area (Å²) in [5.41, 5.74) is 6.15. The van der Waals surface area contributed by atoms with Gasteiger partial charge in [-0.05, 0) is 19.3 Å². The summed E-state index contributed by atoms with van der Waals surface area (Å²) in [6, 6.07) is 0.162. The highest BCUT2D eigenvalue weighted by atomic mass is 16.5. The van der Waals surface area contributed by atoms with Crippen LogP contribution in [0.4, 0.5) is 0 Å². The molecule has 3 fully saturated rings. The number of ether oxygens (including phenoxy) is 1. The van der Waals surface area contributed by atoms with E-state index in [9.17, 15) is 4.79 Å². The number of hydrogen-bond donors (Lipinski definition) is 2. The van der Waals surface area contributed by atoms with Crippen molar-refractivity contribution in [3.05, 3.63) is 0 Å². The zero-order valence-corrected chi connectivity index (χ0v) is 11.6. The van der Waals surface area contributed by atoms with E-state index in [4.69, 9.17) is 10.5 Å². The van der Waals surface area contributed by atoms with Crippen LogP contribution >= 0.6 is 0 Å². The summed E-state index contributed by atoms with van der Waals surface area (Å²) in [5.74, 6) is 0.895. The van der Waals surface area contributed by atoms with Crippen molar-refractivity contribution in [3.8, 4) is 0 Å².